The van der Waals surface area contributed by atoms with Gasteiger partial charge in [0.2, 0.25) is 0 Å². The maximum absolute atomic E-state index is 15.1. The van der Waals surface area contributed by atoms with E-state index < -0.39 is 47.5 Å². The van der Waals surface area contributed by atoms with Crippen molar-refractivity contribution in [3.05, 3.63) is 56.3 Å². The van der Waals surface area contributed by atoms with Crippen LogP contribution in [0.3, 0.4) is 0 Å². The van der Waals surface area contributed by atoms with Crippen molar-refractivity contribution in [3.8, 4) is 0 Å². The predicted octanol–water partition coefficient (Wildman–Crippen LogP) is 2.84. The molecule has 11 nitrogen and oxygen atoms in total. The Morgan fingerprint density at radius 2 is 1.92 bits per heavy atom. The molecule has 4 rings (SSSR count). The van der Waals surface area contributed by atoms with Crippen molar-refractivity contribution in [1.29, 1.82) is 0 Å². The number of nitrogens with one attached hydrogen (secondary N) is 2. The number of ether oxygens (including phenoxy) is 1. The minimum atomic E-state index is -3.43. The molecule has 14 heteroatoms. The topological polar surface area (TPSA) is 130 Å². The van der Waals surface area contributed by atoms with E-state index in [0.29, 0.717) is 18.9 Å². The van der Waals surface area contributed by atoms with Crippen LogP contribution in [0.2, 0.25) is 0 Å². The number of halogens is 3. The van der Waals surface area contributed by atoms with E-state index in [9.17, 15) is 19.7 Å². The monoisotopic (exact) mass is 568 g/mol. The Balaban J connectivity index is 1.65. The lowest BCUT2D eigenvalue weighted by Crippen LogP contribution is -2.42. The second kappa shape index (κ2) is 10.3. The van der Waals surface area contributed by atoms with Crippen molar-refractivity contribution in [1.82, 2.24) is 14.8 Å². The van der Waals surface area contributed by atoms with Gasteiger partial charge in [0.05, 0.1) is 41.5 Å². The molecule has 3 heterocycles. The first-order chi connectivity index (χ1) is 17.1. The largest absolute Gasteiger partial charge is 0.387 e. The molecule has 0 radical (unpaired) electrons. The van der Waals surface area contributed by atoms with Crippen LogP contribution in [0.4, 0.5) is 25.8 Å². The highest BCUT2D eigenvalue weighted by Crippen LogP contribution is 2.38. The third-order valence-electron chi connectivity index (χ3n) is 6.00. The molecule has 2 N–H and O–H groups in total. The van der Waals surface area contributed by atoms with Crippen LogP contribution < -0.4 is 10.6 Å². The first-order valence-corrected chi connectivity index (χ1v) is 11.8. The molecular weight excluding hydrogens is 546 g/mol. The van der Waals surface area contributed by atoms with Gasteiger partial charge in [0.1, 0.15) is 11.7 Å². The van der Waals surface area contributed by atoms with Crippen molar-refractivity contribution < 1.29 is 28.0 Å². The van der Waals surface area contributed by atoms with E-state index in [2.05, 4.69) is 31.5 Å². The van der Waals surface area contributed by atoms with E-state index in [1.54, 1.807) is 7.05 Å². The van der Waals surface area contributed by atoms with E-state index >= 15 is 8.78 Å². The standard InChI is InChI=1S/C22H23BrF2N6O5/c1-26-15-6-13(9-27-10-15)20(32)30-11-18(22(24,25)12-30)28-19-16(7-14(23)8-17(19)31(34)35)21(33)29-2-4-36-5-3-29/h6-10,18,26,28H,2-5,11-12H2,1H3/t18-/m0/s1. The van der Waals surface area contributed by atoms with Crippen LogP contribution in [-0.4, -0.2) is 89.9 Å². The van der Waals surface area contributed by atoms with E-state index in [4.69, 9.17) is 4.74 Å². The van der Waals surface area contributed by atoms with Crippen LogP contribution in [-0.2, 0) is 4.74 Å². The number of nitro benzene ring substituents is 1. The molecule has 2 saturated heterocycles. The zero-order valence-electron chi connectivity index (χ0n) is 19.2. The highest BCUT2D eigenvalue weighted by Gasteiger charge is 2.50. The fourth-order valence-electron chi connectivity index (χ4n) is 4.13. The van der Waals surface area contributed by atoms with Gasteiger partial charge in [0.25, 0.3) is 23.4 Å². The van der Waals surface area contributed by atoms with Gasteiger partial charge >= 0.3 is 0 Å². The van der Waals surface area contributed by atoms with E-state index in [1.807, 2.05) is 0 Å². The number of morpholine rings is 1. The minimum Gasteiger partial charge on any atom is -0.387 e. The third-order valence-corrected chi connectivity index (χ3v) is 6.46. The number of likely N-dealkylation sites (tertiary alicyclic amines) is 1. The lowest BCUT2D eigenvalue weighted by molar-refractivity contribution is -0.384. The Labute approximate surface area is 213 Å². The van der Waals surface area contributed by atoms with Gasteiger partial charge in [-0.2, -0.15) is 0 Å². The molecule has 0 saturated carbocycles. The van der Waals surface area contributed by atoms with Crippen LogP contribution in [0.25, 0.3) is 0 Å². The summed E-state index contributed by atoms with van der Waals surface area (Å²) >= 11 is 3.17. The number of anilines is 2. The highest BCUT2D eigenvalue weighted by molar-refractivity contribution is 9.10. The maximum atomic E-state index is 15.1. The number of nitro groups is 1. The molecule has 1 aromatic heterocycles. The van der Waals surface area contributed by atoms with Crippen LogP contribution in [0, 0.1) is 10.1 Å². The summed E-state index contributed by atoms with van der Waals surface area (Å²) in [7, 11) is 1.64. The Bertz CT molecular complexity index is 1190. The summed E-state index contributed by atoms with van der Waals surface area (Å²) in [6.45, 7) is -0.212. The fraction of sp³-hybridized carbons (Fsp3) is 0.409. The normalized spacial score (nSPS) is 19.2. The van der Waals surface area contributed by atoms with E-state index in [0.717, 1.165) is 11.0 Å². The van der Waals surface area contributed by atoms with E-state index in [1.165, 1.54) is 29.4 Å². The Hall–Kier alpha value is -3.39. The minimum absolute atomic E-state index is 0.121. The molecule has 36 heavy (non-hydrogen) atoms. The Morgan fingerprint density at radius 3 is 2.58 bits per heavy atom. The summed E-state index contributed by atoms with van der Waals surface area (Å²) in [6.07, 6.45) is 2.76. The average molecular weight is 569 g/mol. The molecular formula is C22H23BrF2N6O5. The first-order valence-electron chi connectivity index (χ1n) is 11.0. The summed E-state index contributed by atoms with van der Waals surface area (Å²) in [5.41, 5.74) is -0.316. The van der Waals surface area contributed by atoms with Crippen LogP contribution in [0.15, 0.2) is 35.1 Å². The van der Waals surface area contributed by atoms with Crippen molar-refractivity contribution in [2.24, 2.45) is 0 Å². The molecule has 0 unspecified atom stereocenters. The van der Waals surface area contributed by atoms with Gasteiger partial charge in [-0.1, -0.05) is 15.9 Å². The van der Waals surface area contributed by atoms with Gasteiger partial charge in [-0.25, -0.2) is 8.78 Å². The molecule has 192 valence electrons. The Morgan fingerprint density at radius 1 is 1.19 bits per heavy atom. The molecule has 1 aromatic carbocycles. The number of benzene rings is 1. The summed E-state index contributed by atoms with van der Waals surface area (Å²) in [4.78, 5) is 43.6. The smallest absolute Gasteiger partial charge is 0.294 e. The number of hydrogen-bond acceptors (Lipinski definition) is 8. The number of nitrogens with zero attached hydrogens (tertiary/aromatic N) is 4. The highest BCUT2D eigenvalue weighted by atomic mass is 79.9. The lowest BCUT2D eigenvalue weighted by atomic mass is 10.1. The van der Waals surface area contributed by atoms with Gasteiger partial charge < -0.3 is 25.2 Å². The summed E-state index contributed by atoms with van der Waals surface area (Å²) in [5, 5.41) is 17.2. The molecule has 0 spiro atoms. The number of alkyl halides is 2. The summed E-state index contributed by atoms with van der Waals surface area (Å²) in [6, 6.07) is 2.33. The molecule has 2 aliphatic heterocycles. The first kappa shape index (κ1) is 25.7. The molecule has 1 atom stereocenters. The summed E-state index contributed by atoms with van der Waals surface area (Å²) < 4.78 is 35.7. The predicted molar refractivity (Wildman–Crippen MR) is 130 cm³/mol. The number of carbonyl (C=O) groups excluding carboxylic acids is 2. The number of carbonyl (C=O) groups is 2. The number of hydrogen-bond donors (Lipinski definition) is 2. The molecule has 0 bridgehead atoms. The van der Waals surface area contributed by atoms with Crippen molar-refractivity contribution >= 4 is 44.8 Å². The van der Waals surface area contributed by atoms with Gasteiger partial charge in [-0.3, -0.25) is 24.7 Å². The maximum Gasteiger partial charge on any atom is 0.294 e. The van der Waals surface area contributed by atoms with Crippen LogP contribution in [0.1, 0.15) is 20.7 Å². The number of amides is 2. The van der Waals surface area contributed by atoms with E-state index in [-0.39, 0.29) is 34.4 Å². The second-order valence-electron chi connectivity index (χ2n) is 8.37. The van der Waals surface area contributed by atoms with Gasteiger partial charge in [-0.05, 0) is 12.1 Å². The number of aromatic nitrogens is 1. The summed E-state index contributed by atoms with van der Waals surface area (Å²) in [5.74, 6) is -4.63. The zero-order chi connectivity index (χ0) is 26.0. The molecule has 2 aromatic rings. The quantitative estimate of drug-likeness (QED) is 0.402. The fourth-order valence-corrected chi connectivity index (χ4v) is 4.58. The number of rotatable bonds is 6. The van der Waals surface area contributed by atoms with Crippen molar-refractivity contribution in [2.45, 2.75) is 12.0 Å². The van der Waals surface area contributed by atoms with Crippen LogP contribution in [0.5, 0.6) is 0 Å². The number of pyridine rings is 1. The molecule has 2 amide bonds. The van der Waals surface area contributed by atoms with Crippen molar-refractivity contribution in [2.75, 3.05) is 57.1 Å². The molecule has 2 aliphatic rings. The lowest BCUT2D eigenvalue weighted by Gasteiger charge is -2.28. The average Bonchev–Trinajstić information content (AvgIpc) is 3.17. The van der Waals surface area contributed by atoms with Gasteiger partial charge in [0.15, 0.2) is 0 Å². The molecule has 0 aliphatic carbocycles. The van der Waals surface area contributed by atoms with Crippen molar-refractivity contribution in [3.63, 3.8) is 0 Å². The zero-order valence-corrected chi connectivity index (χ0v) is 20.8. The third kappa shape index (κ3) is 5.23. The molecule has 2 fully saturated rings. The van der Waals surface area contributed by atoms with Crippen LogP contribution >= 0.6 is 15.9 Å². The Kier molecular flexibility index (Phi) is 7.36. The van der Waals surface area contributed by atoms with Gasteiger partial charge in [-0.15, -0.1) is 0 Å². The SMILES string of the molecule is CNc1cncc(C(=O)N2C[C@H](Nc3c(C(=O)N4CCOCC4)cc(Br)cc3[N+](=O)[O-])C(F)(F)C2)c1. The van der Waals surface area contributed by atoms with Gasteiger partial charge in [0, 0.05) is 49.6 Å². The second-order valence-corrected chi connectivity index (χ2v) is 9.28.